The number of hydrogen-bond acceptors (Lipinski definition) is 6. The van der Waals surface area contributed by atoms with Crippen LogP contribution < -0.4 is 17.0 Å². The quantitative estimate of drug-likeness (QED) is 0.419. The number of benzene rings is 2. The molecule has 1 atom stereocenters. The molecule has 9 nitrogen and oxygen atoms in total. The first-order valence-corrected chi connectivity index (χ1v) is 10.3. The van der Waals surface area contributed by atoms with Crippen LogP contribution in [-0.4, -0.2) is 30.7 Å². The van der Waals surface area contributed by atoms with Gasteiger partial charge in [0.25, 0.3) is 11.5 Å². The summed E-state index contributed by atoms with van der Waals surface area (Å²) in [5.41, 5.74) is 11.3. The number of aromatic nitrogens is 5. The van der Waals surface area contributed by atoms with Gasteiger partial charge in [-0.25, -0.2) is 4.68 Å². The van der Waals surface area contributed by atoms with E-state index in [9.17, 15) is 22.8 Å². The first-order chi connectivity index (χ1) is 16.5. The van der Waals surface area contributed by atoms with Crippen LogP contribution in [-0.2, 0) is 13.2 Å². The number of hydrogen-bond donors (Lipinski definition) is 2. The molecular formula is C23H20F3N7O2. The highest BCUT2D eigenvalue weighted by molar-refractivity contribution is 5.92. The summed E-state index contributed by atoms with van der Waals surface area (Å²) in [7, 11) is 1.71. The molecule has 0 aliphatic rings. The van der Waals surface area contributed by atoms with Crippen molar-refractivity contribution in [2.75, 3.05) is 5.73 Å². The zero-order chi connectivity index (χ0) is 25.5. The van der Waals surface area contributed by atoms with Gasteiger partial charge in [0.15, 0.2) is 5.69 Å². The van der Waals surface area contributed by atoms with Crippen LogP contribution in [0.5, 0.6) is 0 Å². The number of anilines is 1. The highest BCUT2D eigenvalue weighted by Gasteiger charge is 2.32. The number of nitrogen functional groups attached to an aromatic ring is 1. The predicted octanol–water partition coefficient (Wildman–Crippen LogP) is 2.88. The average molecular weight is 483 g/mol. The minimum Gasteiger partial charge on any atom is -0.399 e. The Morgan fingerprint density at radius 2 is 1.86 bits per heavy atom. The van der Waals surface area contributed by atoms with E-state index in [4.69, 9.17) is 11.5 Å². The van der Waals surface area contributed by atoms with Crippen LogP contribution in [0.25, 0.3) is 16.9 Å². The van der Waals surface area contributed by atoms with E-state index in [0.29, 0.717) is 16.9 Å². The first kappa shape index (κ1) is 23.7. The van der Waals surface area contributed by atoms with Gasteiger partial charge in [-0.2, -0.15) is 23.0 Å². The standard InChI is InChI=1S/C23H20F3N7O2/c1-12(14-6-15(23(24,25)26)9-16(27)7-14)18-10-20(34)33(30-21(18)22(28)35)17-5-3-4-13(8-17)19-11-29-31-32(19)2/h3-12H,27H2,1-2H3,(H2,28,35)/t12-/m1/s1. The van der Waals surface area contributed by atoms with Gasteiger partial charge >= 0.3 is 6.18 Å². The van der Waals surface area contributed by atoms with Gasteiger partial charge in [-0.1, -0.05) is 24.3 Å². The Kier molecular flexibility index (Phi) is 5.89. The molecule has 4 aromatic rings. The summed E-state index contributed by atoms with van der Waals surface area (Å²) in [5, 5.41) is 11.9. The topological polar surface area (TPSA) is 135 Å². The third-order valence-corrected chi connectivity index (χ3v) is 5.57. The number of aryl methyl sites for hydroxylation is 1. The highest BCUT2D eigenvalue weighted by Crippen LogP contribution is 2.35. The zero-order valence-electron chi connectivity index (χ0n) is 18.6. The van der Waals surface area contributed by atoms with Gasteiger partial charge in [0, 0.05) is 30.3 Å². The number of rotatable bonds is 5. The van der Waals surface area contributed by atoms with Crippen LogP contribution in [0.4, 0.5) is 18.9 Å². The fourth-order valence-electron chi connectivity index (χ4n) is 3.79. The van der Waals surface area contributed by atoms with E-state index in [1.807, 2.05) is 0 Å². The van der Waals surface area contributed by atoms with Crippen LogP contribution in [0.2, 0.25) is 0 Å². The molecule has 2 aromatic heterocycles. The number of primary amides is 1. The van der Waals surface area contributed by atoms with Crippen molar-refractivity contribution in [2.45, 2.75) is 19.0 Å². The molecule has 0 saturated carbocycles. The van der Waals surface area contributed by atoms with Gasteiger partial charge < -0.3 is 11.5 Å². The van der Waals surface area contributed by atoms with Crippen molar-refractivity contribution in [1.29, 1.82) is 0 Å². The van der Waals surface area contributed by atoms with Gasteiger partial charge in [0.05, 0.1) is 23.1 Å². The molecule has 0 unspecified atom stereocenters. The second-order valence-corrected chi connectivity index (χ2v) is 7.96. The molecular weight excluding hydrogens is 463 g/mol. The fraction of sp³-hybridized carbons (Fsp3) is 0.174. The van der Waals surface area contributed by atoms with E-state index in [2.05, 4.69) is 15.4 Å². The van der Waals surface area contributed by atoms with Crippen LogP contribution in [0.3, 0.4) is 0 Å². The zero-order valence-corrected chi connectivity index (χ0v) is 18.6. The summed E-state index contributed by atoms with van der Waals surface area (Å²) in [6, 6.07) is 11.0. The Morgan fingerprint density at radius 3 is 2.49 bits per heavy atom. The molecule has 0 aliphatic carbocycles. The van der Waals surface area contributed by atoms with Crippen molar-refractivity contribution in [3.05, 3.63) is 87.5 Å². The molecule has 4 N–H and O–H groups in total. The lowest BCUT2D eigenvalue weighted by atomic mass is 9.90. The van der Waals surface area contributed by atoms with Crippen LogP contribution in [0.1, 0.15) is 40.0 Å². The molecule has 0 bridgehead atoms. The number of amides is 1. The summed E-state index contributed by atoms with van der Waals surface area (Å²) in [6.07, 6.45) is -3.07. The molecule has 2 aromatic carbocycles. The largest absolute Gasteiger partial charge is 0.416 e. The van der Waals surface area contributed by atoms with Gasteiger partial charge in [0.1, 0.15) is 0 Å². The van der Waals surface area contributed by atoms with E-state index in [-0.39, 0.29) is 22.5 Å². The molecule has 1 amide bonds. The molecule has 180 valence electrons. The molecule has 0 fully saturated rings. The average Bonchev–Trinajstić information content (AvgIpc) is 3.23. The van der Waals surface area contributed by atoms with Gasteiger partial charge in [-0.05, 0) is 41.5 Å². The van der Waals surface area contributed by atoms with E-state index in [0.717, 1.165) is 22.9 Å². The van der Waals surface area contributed by atoms with Gasteiger partial charge in [-0.15, -0.1) is 5.10 Å². The lowest BCUT2D eigenvalue weighted by Crippen LogP contribution is -2.28. The number of halogens is 3. The Balaban J connectivity index is 1.83. The Morgan fingerprint density at radius 1 is 1.11 bits per heavy atom. The maximum absolute atomic E-state index is 13.3. The van der Waals surface area contributed by atoms with Crippen LogP contribution in [0.15, 0.2) is 59.5 Å². The molecule has 35 heavy (non-hydrogen) atoms. The van der Waals surface area contributed by atoms with Crippen molar-refractivity contribution in [3.63, 3.8) is 0 Å². The summed E-state index contributed by atoms with van der Waals surface area (Å²) in [6.45, 7) is 1.54. The van der Waals surface area contributed by atoms with E-state index >= 15 is 0 Å². The predicted molar refractivity (Wildman–Crippen MR) is 122 cm³/mol. The van der Waals surface area contributed by atoms with Gasteiger partial charge in [0.2, 0.25) is 0 Å². The van der Waals surface area contributed by atoms with E-state index in [1.165, 1.54) is 13.0 Å². The lowest BCUT2D eigenvalue weighted by molar-refractivity contribution is -0.137. The van der Waals surface area contributed by atoms with Crippen LogP contribution >= 0.6 is 0 Å². The summed E-state index contributed by atoms with van der Waals surface area (Å²) in [4.78, 5) is 25.3. The van der Waals surface area contributed by atoms with Crippen molar-refractivity contribution >= 4 is 11.6 Å². The van der Waals surface area contributed by atoms with Crippen molar-refractivity contribution in [3.8, 4) is 16.9 Å². The number of carbonyl (C=O) groups excluding carboxylic acids is 1. The Hall–Kier alpha value is -4.48. The fourth-order valence-corrected chi connectivity index (χ4v) is 3.79. The molecule has 0 radical (unpaired) electrons. The van der Waals surface area contributed by atoms with Crippen molar-refractivity contribution in [1.82, 2.24) is 24.8 Å². The molecule has 0 spiro atoms. The SMILES string of the molecule is C[C@H](c1cc(N)cc(C(F)(F)F)c1)c1cc(=O)n(-c2cccc(-c3cnnn3C)c2)nc1C(N)=O. The number of alkyl halides is 3. The monoisotopic (exact) mass is 483 g/mol. The number of nitrogens with zero attached hydrogens (tertiary/aromatic N) is 5. The van der Waals surface area contributed by atoms with E-state index in [1.54, 1.807) is 42.2 Å². The second-order valence-electron chi connectivity index (χ2n) is 7.96. The van der Waals surface area contributed by atoms with Crippen molar-refractivity contribution < 1.29 is 18.0 Å². The second kappa shape index (κ2) is 8.70. The molecule has 4 rings (SSSR count). The minimum absolute atomic E-state index is 0.0875. The molecule has 2 heterocycles. The maximum atomic E-state index is 13.3. The number of nitrogens with two attached hydrogens (primary N) is 2. The molecule has 0 aliphatic heterocycles. The number of carbonyl (C=O) groups is 1. The lowest BCUT2D eigenvalue weighted by Gasteiger charge is -2.18. The first-order valence-electron chi connectivity index (χ1n) is 10.3. The summed E-state index contributed by atoms with van der Waals surface area (Å²) in [5.74, 6) is -1.77. The molecule has 12 heteroatoms. The van der Waals surface area contributed by atoms with Crippen LogP contribution in [0, 0.1) is 0 Å². The third kappa shape index (κ3) is 4.63. The minimum atomic E-state index is -4.62. The normalized spacial score (nSPS) is 12.5. The highest BCUT2D eigenvalue weighted by atomic mass is 19.4. The summed E-state index contributed by atoms with van der Waals surface area (Å²) >= 11 is 0. The maximum Gasteiger partial charge on any atom is 0.416 e. The van der Waals surface area contributed by atoms with E-state index < -0.39 is 29.1 Å². The Labute approximate surface area is 196 Å². The summed E-state index contributed by atoms with van der Waals surface area (Å²) < 4.78 is 42.4. The Bertz CT molecular complexity index is 1490. The van der Waals surface area contributed by atoms with Crippen molar-refractivity contribution in [2.24, 2.45) is 12.8 Å². The molecule has 0 saturated heterocycles. The van der Waals surface area contributed by atoms with Gasteiger partial charge in [-0.3, -0.25) is 9.59 Å². The third-order valence-electron chi connectivity index (χ3n) is 5.57. The smallest absolute Gasteiger partial charge is 0.399 e.